The number of amides is 1. The summed E-state index contributed by atoms with van der Waals surface area (Å²) >= 11 is 0. The first kappa shape index (κ1) is 19.6. The van der Waals surface area contributed by atoms with Gasteiger partial charge in [0.05, 0.1) is 7.11 Å². The standard InChI is InChI=1S/C22H28N4O3/c1-25-11-9-18-17(13-25)12-23-22(24-18)16-6-5-10-26(14-16)21(27)15-29-20-8-4-3-7-19(20)28-2/h3-4,7-8,12,16H,5-6,9-11,13-15H2,1-2H3. The quantitative estimate of drug-likeness (QED) is 0.772. The van der Waals surface area contributed by atoms with Crippen LogP contribution in [-0.2, 0) is 17.8 Å². The van der Waals surface area contributed by atoms with E-state index in [0.29, 0.717) is 18.0 Å². The molecule has 2 aliphatic heterocycles. The van der Waals surface area contributed by atoms with Crippen LogP contribution in [0.1, 0.15) is 35.8 Å². The van der Waals surface area contributed by atoms with Crippen molar-refractivity contribution in [1.82, 2.24) is 19.8 Å². The van der Waals surface area contributed by atoms with Gasteiger partial charge in [-0.25, -0.2) is 9.97 Å². The Morgan fingerprint density at radius 1 is 1.24 bits per heavy atom. The summed E-state index contributed by atoms with van der Waals surface area (Å²) in [5.41, 5.74) is 2.38. The molecule has 3 heterocycles. The van der Waals surface area contributed by atoms with Crippen molar-refractivity contribution in [3.63, 3.8) is 0 Å². The average Bonchev–Trinajstić information content (AvgIpc) is 2.77. The number of benzene rings is 1. The van der Waals surface area contributed by atoms with Gasteiger partial charge < -0.3 is 19.3 Å². The third-order valence-corrected chi connectivity index (χ3v) is 5.70. The number of hydrogen-bond acceptors (Lipinski definition) is 6. The molecule has 4 rings (SSSR count). The van der Waals surface area contributed by atoms with Crippen molar-refractivity contribution in [3.8, 4) is 11.5 Å². The van der Waals surface area contributed by atoms with Crippen LogP contribution < -0.4 is 9.47 Å². The summed E-state index contributed by atoms with van der Waals surface area (Å²) in [6.07, 6.45) is 4.90. The molecule has 0 radical (unpaired) electrons. The van der Waals surface area contributed by atoms with Crippen LogP contribution in [0.3, 0.4) is 0 Å². The Morgan fingerprint density at radius 2 is 2.07 bits per heavy atom. The summed E-state index contributed by atoms with van der Waals surface area (Å²) in [6, 6.07) is 7.37. The molecular formula is C22H28N4O3. The SMILES string of the molecule is COc1ccccc1OCC(=O)N1CCCC(c2ncc3c(n2)CCN(C)C3)C1. The normalized spacial score (nSPS) is 19.5. The number of nitrogens with zero attached hydrogens (tertiary/aromatic N) is 4. The fourth-order valence-electron chi connectivity index (χ4n) is 4.05. The smallest absolute Gasteiger partial charge is 0.260 e. The highest BCUT2D eigenvalue weighted by Crippen LogP contribution is 2.28. The van der Waals surface area contributed by atoms with E-state index < -0.39 is 0 Å². The maximum Gasteiger partial charge on any atom is 0.260 e. The Bertz CT molecular complexity index is 873. The summed E-state index contributed by atoms with van der Waals surface area (Å²) < 4.78 is 11.0. The number of hydrogen-bond donors (Lipinski definition) is 0. The van der Waals surface area contributed by atoms with E-state index in [1.165, 1.54) is 5.56 Å². The van der Waals surface area contributed by atoms with Gasteiger partial charge in [-0.3, -0.25) is 4.79 Å². The lowest BCUT2D eigenvalue weighted by atomic mass is 9.96. The number of piperidine rings is 1. The number of para-hydroxylation sites is 2. The maximum absolute atomic E-state index is 12.7. The Balaban J connectivity index is 1.38. The number of rotatable bonds is 5. The highest BCUT2D eigenvalue weighted by Gasteiger charge is 2.28. The minimum absolute atomic E-state index is 0.00444. The third-order valence-electron chi connectivity index (χ3n) is 5.70. The molecular weight excluding hydrogens is 368 g/mol. The summed E-state index contributed by atoms with van der Waals surface area (Å²) in [6.45, 7) is 3.34. The van der Waals surface area contributed by atoms with Gasteiger partial charge in [-0.2, -0.15) is 0 Å². The first-order chi connectivity index (χ1) is 14.1. The van der Waals surface area contributed by atoms with Crippen LogP contribution in [0, 0.1) is 0 Å². The molecule has 0 aliphatic carbocycles. The molecule has 7 nitrogen and oxygen atoms in total. The monoisotopic (exact) mass is 396 g/mol. The Morgan fingerprint density at radius 3 is 2.90 bits per heavy atom. The molecule has 1 saturated heterocycles. The second-order valence-electron chi connectivity index (χ2n) is 7.81. The van der Waals surface area contributed by atoms with Gasteiger partial charge in [0.25, 0.3) is 5.91 Å². The van der Waals surface area contributed by atoms with Crippen LogP contribution in [0.25, 0.3) is 0 Å². The van der Waals surface area contributed by atoms with E-state index in [4.69, 9.17) is 14.5 Å². The summed E-state index contributed by atoms with van der Waals surface area (Å²) in [4.78, 5) is 26.4. The minimum Gasteiger partial charge on any atom is -0.493 e. The van der Waals surface area contributed by atoms with Gasteiger partial charge in [-0.1, -0.05) is 12.1 Å². The van der Waals surface area contributed by atoms with Crippen LogP contribution in [0.5, 0.6) is 11.5 Å². The van der Waals surface area contributed by atoms with E-state index in [1.54, 1.807) is 7.11 Å². The molecule has 0 N–H and O–H groups in total. The molecule has 29 heavy (non-hydrogen) atoms. The molecule has 1 aromatic carbocycles. The lowest BCUT2D eigenvalue weighted by Gasteiger charge is -2.32. The summed E-state index contributed by atoms with van der Waals surface area (Å²) in [5, 5.41) is 0. The molecule has 1 unspecified atom stereocenters. The molecule has 1 atom stereocenters. The van der Waals surface area contributed by atoms with Gasteiger partial charge in [-0.05, 0) is 32.0 Å². The molecule has 0 bridgehead atoms. The molecule has 0 saturated carbocycles. The van der Waals surface area contributed by atoms with E-state index in [-0.39, 0.29) is 18.4 Å². The van der Waals surface area contributed by atoms with Crippen molar-refractivity contribution >= 4 is 5.91 Å². The van der Waals surface area contributed by atoms with Gasteiger partial charge in [0.15, 0.2) is 18.1 Å². The van der Waals surface area contributed by atoms with Crippen LogP contribution in [0.4, 0.5) is 0 Å². The van der Waals surface area contributed by atoms with Crippen LogP contribution in [-0.4, -0.2) is 66.1 Å². The maximum atomic E-state index is 12.7. The largest absolute Gasteiger partial charge is 0.493 e. The summed E-state index contributed by atoms with van der Waals surface area (Å²) in [5.74, 6) is 2.25. The second kappa shape index (κ2) is 8.78. The van der Waals surface area contributed by atoms with Crippen molar-refractivity contribution in [3.05, 3.63) is 47.5 Å². The molecule has 2 aliphatic rings. The lowest BCUT2D eigenvalue weighted by molar-refractivity contribution is -0.134. The predicted molar refractivity (Wildman–Crippen MR) is 109 cm³/mol. The van der Waals surface area contributed by atoms with E-state index in [9.17, 15) is 4.79 Å². The van der Waals surface area contributed by atoms with Gasteiger partial charge >= 0.3 is 0 Å². The zero-order chi connectivity index (χ0) is 20.2. The molecule has 1 fully saturated rings. The Kier molecular flexibility index (Phi) is 5.94. The minimum atomic E-state index is -0.0137. The number of ether oxygens (including phenoxy) is 2. The Hall–Kier alpha value is -2.67. The van der Waals surface area contributed by atoms with Gasteiger partial charge in [-0.15, -0.1) is 0 Å². The van der Waals surface area contributed by atoms with Crippen molar-refractivity contribution in [2.24, 2.45) is 0 Å². The molecule has 7 heteroatoms. The van der Waals surface area contributed by atoms with Crippen LogP contribution in [0.15, 0.2) is 30.5 Å². The average molecular weight is 396 g/mol. The van der Waals surface area contributed by atoms with E-state index >= 15 is 0 Å². The topological polar surface area (TPSA) is 67.8 Å². The van der Waals surface area contributed by atoms with Crippen molar-refractivity contribution in [2.45, 2.75) is 31.7 Å². The zero-order valence-corrected chi connectivity index (χ0v) is 17.1. The molecule has 154 valence electrons. The molecule has 0 spiro atoms. The first-order valence-corrected chi connectivity index (χ1v) is 10.2. The van der Waals surface area contributed by atoms with Gasteiger partial charge in [0.2, 0.25) is 0 Å². The van der Waals surface area contributed by atoms with Crippen molar-refractivity contribution in [1.29, 1.82) is 0 Å². The van der Waals surface area contributed by atoms with E-state index in [0.717, 1.165) is 50.4 Å². The first-order valence-electron chi connectivity index (χ1n) is 10.2. The molecule has 1 amide bonds. The summed E-state index contributed by atoms with van der Waals surface area (Å²) in [7, 11) is 3.71. The number of methoxy groups -OCH3 is 1. The fraction of sp³-hybridized carbons (Fsp3) is 0.500. The zero-order valence-electron chi connectivity index (χ0n) is 17.1. The van der Waals surface area contributed by atoms with E-state index in [1.807, 2.05) is 35.4 Å². The Labute approximate surface area is 171 Å². The fourth-order valence-corrected chi connectivity index (χ4v) is 4.05. The van der Waals surface area contributed by atoms with E-state index in [2.05, 4.69) is 16.9 Å². The van der Waals surface area contributed by atoms with Crippen LogP contribution >= 0.6 is 0 Å². The highest BCUT2D eigenvalue weighted by atomic mass is 16.5. The van der Waals surface area contributed by atoms with Gasteiger partial charge in [0, 0.05) is 56.0 Å². The number of carbonyl (C=O) groups is 1. The number of likely N-dealkylation sites (tertiary alicyclic amines) is 1. The number of carbonyl (C=O) groups excluding carboxylic acids is 1. The van der Waals surface area contributed by atoms with Crippen LogP contribution in [0.2, 0.25) is 0 Å². The van der Waals surface area contributed by atoms with Gasteiger partial charge in [0.1, 0.15) is 5.82 Å². The van der Waals surface area contributed by atoms with Crippen molar-refractivity contribution in [2.75, 3.05) is 40.4 Å². The molecule has 1 aromatic heterocycles. The predicted octanol–water partition coefficient (Wildman–Crippen LogP) is 2.26. The second-order valence-corrected chi connectivity index (χ2v) is 7.81. The van der Waals surface area contributed by atoms with Crippen molar-refractivity contribution < 1.29 is 14.3 Å². The lowest BCUT2D eigenvalue weighted by Crippen LogP contribution is -2.42. The number of fused-ring (bicyclic) bond motifs is 1. The number of likely N-dealkylation sites (N-methyl/N-ethyl adjacent to an activating group) is 1. The molecule has 2 aromatic rings. The highest BCUT2D eigenvalue weighted by molar-refractivity contribution is 5.78. The third kappa shape index (κ3) is 4.50. The number of aromatic nitrogens is 2.